The molecule has 0 saturated carbocycles. The molecule has 41 heavy (non-hydrogen) atoms. The number of aryl methyl sites for hydroxylation is 1. The Morgan fingerprint density at radius 3 is 2.22 bits per heavy atom. The van der Waals surface area contributed by atoms with E-state index < -0.39 is 59.0 Å². The van der Waals surface area contributed by atoms with Crippen molar-refractivity contribution in [3.8, 4) is 0 Å². The number of nitrogens with zero attached hydrogens (tertiary/aromatic N) is 2. The number of benzene rings is 2. The molecule has 2 aromatic carbocycles. The summed E-state index contributed by atoms with van der Waals surface area (Å²) in [5.74, 6) is -0.541. The Hall–Kier alpha value is -3.77. The fourth-order valence-corrected chi connectivity index (χ4v) is 5.25. The first-order valence-corrected chi connectivity index (χ1v) is 12.6. The van der Waals surface area contributed by atoms with Gasteiger partial charge in [0.25, 0.3) is 0 Å². The summed E-state index contributed by atoms with van der Waals surface area (Å²) in [7, 11) is 1.25. The van der Waals surface area contributed by atoms with Crippen molar-refractivity contribution in [1.82, 2.24) is 15.1 Å². The third kappa shape index (κ3) is 7.12. The lowest BCUT2D eigenvalue weighted by atomic mass is 9.77. The topological polar surface area (TPSA) is 75.7 Å². The molecule has 1 N–H and O–H groups in total. The molecule has 0 spiro atoms. The molecule has 0 unspecified atom stereocenters. The van der Waals surface area contributed by atoms with Crippen molar-refractivity contribution in [3.05, 3.63) is 82.7 Å². The Labute approximate surface area is 232 Å². The molecule has 0 radical (unpaired) electrons. The standard InChI is InChI=1S/C28H30F7N3O3/c1-5-8-26(36-24(39)40)9-10-38(23(15-26)22-7-6-21(29)11-16(22)2)25(41)37(4)17(3)18-12-19(27(30,31)32)14-20(13-18)28(33,34)35/h5-7,11-14,17,23,36H,1,8-10,15H2,2-4H3,(H,39,40)/p-1/t17-,23+,26-/m0/s1. The first-order chi connectivity index (χ1) is 18.9. The Kier molecular flexibility index (Phi) is 8.99. The molecule has 0 aromatic heterocycles. The third-order valence-corrected chi connectivity index (χ3v) is 7.51. The van der Waals surface area contributed by atoms with E-state index in [0.717, 1.165) is 4.90 Å². The number of halogens is 7. The van der Waals surface area contributed by atoms with E-state index in [4.69, 9.17) is 0 Å². The summed E-state index contributed by atoms with van der Waals surface area (Å²) >= 11 is 0. The predicted molar refractivity (Wildman–Crippen MR) is 134 cm³/mol. The van der Waals surface area contributed by atoms with Crippen LogP contribution in [0.3, 0.4) is 0 Å². The molecule has 3 amide bonds. The minimum Gasteiger partial charge on any atom is -0.530 e. The van der Waals surface area contributed by atoms with Gasteiger partial charge >= 0.3 is 18.4 Å². The fraction of sp³-hybridized carbons (Fsp3) is 0.429. The predicted octanol–water partition coefficient (Wildman–Crippen LogP) is 6.37. The van der Waals surface area contributed by atoms with Crippen LogP contribution in [0.1, 0.15) is 66.1 Å². The van der Waals surface area contributed by atoms with Gasteiger partial charge in [0, 0.05) is 19.1 Å². The third-order valence-electron chi connectivity index (χ3n) is 7.51. The summed E-state index contributed by atoms with van der Waals surface area (Å²) in [6.45, 7) is 6.53. The van der Waals surface area contributed by atoms with Crippen LogP contribution in [0.5, 0.6) is 0 Å². The summed E-state index contributed by atoms with van der Waals surface area (Å²) in [4.78, 5) is 27.7. The Balaban J connectivity index is 2.04. The van der Waals surface area contributed by atoms with Gasteiger partial charge in [-0.25, -0.2) is 9.18 Å². The lowest BCUT2D eigenvalue weighted by Gasteiger charge is -2.49. The SMILES string of the molecule is C=CC[C@]1(NC(=O)[O-])CCN(C(=O)N(C)[C@@H](C)c2cc(C(F)(F)F)cc(C(F)(F)F)c2)[C@@H](c2ccc(F)cc2C)C1. The van der Waals surface area contributed by atoms with Gasteiger partial charge in [-0.3, -0.25) is 0 Å². The number of alkyl halides is 6. The van der Waals surface area contributed by atoms with E-state index in [1.54, 1.807) is 6.92 Å². The van der Waals surface area contributed by atoms with Gasteiger partial charge in [0.15, 0.2) is 0 Å². The van der Waals surface area contributed by atoms with Gasteiger partial charge in [0.1, 0.15) is 11.9 Å². The van der Waals surface area contributed by atoms with Gasteiger partial charge in [0.05, 0.1) is 23.2 Å². The van der Waals surface area contributed by atoms with E-state index in [1.165, 1.54) is 43.1 Å². The summed E-state index contributed by atoms with van der Waals surface area (Å²) < 4.78 is 94.5. The maximum Gasteiger partial charge on any atom is 0.416 e. The van der Waals surface area contributed by atoms with Crippen molar-refractivity contribution in [1.29, 1.82) is 0 Å². The summed E-state index contributed by atoms with van der Waals surface area (Å²) in [6, 6.07) is 2.24. The number of likely N-dealkylation sites (tertiary alicyclic amines) is 1. The number of carbonyl (C=O) groups is 2. The van der Waals surface area contributed by atoms with Crippen LogP contribution < -0.4 is 10.4 Å². The Morgan fingerprint density at radius 2 is 1.73 bits per heavy atom. The van der Waals surface area contributed by atoms with Crippen molar-refractivity contribution in [3.63, 3.8) is 0 Å². The smallest absolute Gasteiger partial charge is 0.416 e. The second-order valence-corrected chi connectivity index (χ2v) is 10.3. The molecule has 1 fully saturated rings. The van der Waals surface area contributed by atoms with Crippen molar-refractivity contribution < 1.29 is 45.4 Å². The highest BCUT2D eigenvalue weighted by molar-refractivity contribution is 5.76. The second kappa shape index (κ2) is 11.6. The Morgan fingerprint density at radius 1 is 1.15 bits per heavy atom. The number of rotatable bonds is 6. The lowest BCUT2D eigenvalue weighted by Crippen LogP contribution is -2.60. The number of amides is 3. The molecule has 2 aromatic rings. The van der Waals surface area contributed by atoms with Gasteiger partial charge in [-0.05, 0) is 80.1 Å². The molecule has 1 aliphatic rings. The zero-order valence-electron chi connectivity index (χ0n) is 22.5. The van der Waals surface area contributed by atoms with Gasteiger partial charge in [-0.2, -0.15) is 26.3 Å². The number of urea groups is 1. The fourth-order valence-electron chi connectivity index (χ4n) is 5.25. The van der Waals surface area contributed by atoms with Crippen LogP contribution in [-0.2, 0) is 12.4 Å². The molecule has 0 aliphatic carbocycles. The monoisotopic (exact) mass is 588 g/mol. The van der Waals surface area contributed by atoms with Gasteiger partial charge in [-0.1, -0.05) is 12.1 Å². The van der Waals surface area contributed by atoms with Crippen LogP contribution in [0, 0.1) is 12.7 Å². The average Bonchev–Trinajstić information content (AvgIpc) is 2.86. The van der Waals surface area contributed by atoms with Crippen LogP contribution >= 0.6 is 0 Å². The maximum absolute atomic E-state index is 13.9. The van der Waals surface area contributed by atoms with Crippen molar-refractivity contribution in [2.45, 2.75) is 63.1 Å². The van der Waals surface area contributed by atoms with Crippen LogP contribution in [0.2, 0.25) is 0 Å². The van der Waals surface area contributed by atoms with E-state index in [1.807, 2.05) is 0 Å². The molecule has 6 nitrogen and oxygen atoms in total. The van der Waals surface area contributed by atoms with Crippen LogP contribution in [0.4, 0.5) is 40.3 Å². The van der Waals surface area contributed by atoms with E-state index in [0.29, 0.717) is 23.3 Å². The highest BCUT2D eigenvalue weighted by atomic mass is 19.4. The quantitative estimate of drug-likeness (QED) is 0.315. The zero-order chi connectivity index (χ0) is 30.9. The van der Waals surface area contributed by atoms with E-state index >= 15 is 0 Å². The number of carboxylic acid groups (broad SMARTS) is 1. The van der Waals surface area contributed by atoms with Crippen molar-refractivity contribution in [2.75, 3.05) is 13.6 Å². The normalized spacial score (nSPS) is 20.3. The minimum atomic E-state index is -5.06. The maximum atomic E-state index is 13.9. The van der Waals surface area contributed by atoms with Gasteiger partial charge in [0.2, 0.25) is 0 Å². The summed E-state index contributed by atoms with van der Waals surface area (Å²) in [5.41, 5.74) is -3.53. The molecule has 1 heterocycles. The highest BCUT2D eigenvalue weighted by Crippen LogP contribution is 2.42. The van der Waals surface area contributed by atoms with E-state index in [2.05, 4.69) is 11.9 Å². The number of hydrogen-bond donors (Lipinski definition) is 1. The first-order valence-electron chi connectivity index (χ1n) is 12.6. The largest absolute Gasteiger partial charge is 0.530 e. The first kappa shape index (κ1) is 31.8. The number of hydrogen-bond acceptors (Lipinski definition) is 3. The average molecular weight is 589 g/mol. The molecule has 1 aliphatic heterocycles. The molecular weight excluding hydrogens is 559 g/mol. The van der Waals surface area contributed by atoms with Gasteiger partial charge in [-0.15, -0.1) is 6.58 Å². The molecule has 224 valence electrons. The van der Waals surface area contributed by atoms with Crippen LogP contribution in [-0.4, -0.2) is 41.1 Å². The van der Waals surface area contributed by atoms with Crippen molar-refractivity contribution >= 4 is 12.1 Å². The lowest BCUT2D eigenvalue weighted by molar-refractivity contribution is -0.253. The molecule has 13 heteroatoms. The Bertz CT molecular complexity index is 1280. The molecular formula is C28H29F7N3O3-. The van der Waals surface area contributed by atoms with Crippen molar-refractivity contribution in [2.24, 2.45) is 0 Å². The van der Waals surface area contributed by atoms with Gasteiger partial charge < -0.3 is 25.0 Å². The molecule has 1 saturated heterocycles. The van der Waals surface area contributed by atoms with Crippen LogP contribution in [0.25, 0.3) is 0 Å². The zero-order valence-corrected chi connectivity index (χ0v) is 22.5. The van der Waals surface area contributed by atoms with Crippen LogP contribution in [0.15, 0.2) is 49.1 Å². The number of nitrogens with one attached hydrogen (secondary N) is 1. The number of carbonyl (C=O) groups excluding carboxylic acids is 2. The second-order valence-electron chi connectivity index (χ2n) is 10.3. The minimum absolute atomic E-state index is 0.0134. The molecule has 3 rings (SSSR count). The molecule has 3 atom stereocenters. The summed E-state index contributed by atoms with van der Waals surface area (Å²) in [6.07, 6.45) is -9.85. The number of piperidine rings is 1. The van der Waals surface area contributed by atoms with E-state index in [9.17, 15) is 45.4 Å². The molecule has 0 bridgehead atoms. The van der Waals surface area contributed by atoms with E-state index in [-0.39, 0.29) is 37.4 Å². The highest BCUT2D eigenvalue weighted by Gasteiger charge is 2.44. The summed E-state index contributed by atoms with van der Waals surface area (Å²) in [5, 5.41) is 13.9.